The predicted octanol–water partition coefficient (Wildman–Crippen LogP) is 3.30. The minimum Gasteiger partial charge on any atom is -0.342 e. The van der Waals surface area contributed by atoms with Gasteiger partial charge in [-0.3, -0.25) is 4.79 Å². The van der Waals surface area contributed by atoms with Crippen LogP contribution < -0.4 is 0 Å². The maximum Gasteiger partial charge on any atom is 0.240 e. The van der Waals surface area contributed by atoms with E-state index in [0.29, 0.717) is 16.5 Å². The van der Waals surface area contributed by atoms with Gasteiger partial charge in [0.2, 0.25) is 5.91 Å². The number of amides is 1. The molecule has 0 aromatic heterocycles. The lowest BCUT2D eigenvalue weighted by atomic mass is 9.99. The molecular weight excluding hydrogens is 283 g/mol. The molecule has 1 atom stereocenters. The van der Waals surface area contributed by atoms with Crippen LogP contribution in [-0.2, 0) is 11.2 Å². The number of halogens is 2. The van der Waals surface area contributed by atoms with Crippen molar-refractivity contribution < 1.29 is 4.79 Å². The van der Waals surface area contributed by atoms with Crippen LogP contribution in [0, 0.1) is 17.2 Å². The zero-order valence-electron chi connectivity index (χ0n) is 10.4. The maximum atomic E-state index is 12.2. The van der Waals surface area contributed by atoms with Gasteiger partial charge < -0.3 is 4.90 Å². The van der Waals surface area contributed by atoms with Gasteiger partial charge in [0.25, 0.3) is 0 Å². The molecule has 5 heteroatoms. The van der Waals surface area contributed by atoms with Gasteiger partial charge in [-0.2, -0.15) is 5.26 Å². The van der Waals surface area contributed by atoms with E-state index >= 15 is 0 Å². The van der Waals surface area contributed by atoms with E-state index in [1.54, 1.807) is 23.1 Å². The van der Waals surface area contributed by atoms with Crippen molar-refractivity contribution >= 4 is 29.1 Å². The molecule has 1 saturated heterocycles. The van der Waals surface area contributed by atoms with Crippen molar-refractivity contribution in [2.24, 2.45) is 5.92 Å². The molecule has 0 spiro atoms. The standard InChI is InChI=1S/C14H14Cl2N2O/c15-12-4-3-10(13(16)8-12)7-11(9-17)14(19)18-5-1-2-6-18/h3-4,8,11H,1-2,5-7H2. The monoisotopic (exact) mass is 296 g/mol. The van der Waals surface area contributed by atoms with Gasteiger partial charge in [0.1, 0.15) is 5.92 Å². The highest BCUT2D eigenvalue weighted by Gasteiger charge is 2.27. The Labute approximate surface area is 122 Å². The van der Waals surface area contributed by atoms with Crippen molar-refractivity contribution in [2.45, 2.75) is 19.3 Å². The van der Waals surface area contributed by atoms with E-state index < -0.39 is 5.92 Å². The summed E-state index contributed by atoms with van der Waals surface area (Å²) >= 11 is 11.9. The number of nitriles is 1. The summed E-state index contributed by atoms with van der Waals surface area (Å²) in [7, 11) is 0. The molecule has 1 unspecified atom stereocenters. The molecular formula is C14H14Cl2N2O. The minimum absolute atomic E-state index is 0.0917. The molecule has 1 aromatic rings. The molecule has 2 rings (SSSR count). The molecule has 100 valence electrons. The Bertz CT molecular complexity index is 519. The molecule has 1 amide bonds. The van der Waals surface area contributed by atoms with Crippen LogP contribution in [0.15, 0.2) is 18.2 Å². The number of hydrogen-bond acceptors (Lipinski definition) is 2. The molecule has 1 fully saturated rings. The first-order valence-electron chi connectivity index (χ1n) is 6.24. The summed E-state index contributed by atoms with van der Waals surface area (Å²) in [6.07, 6.45) is 2.37. The largest absolute Gasteiger partial charge is 0.342 e. The van der Waals surface area contributed by atoms with Gasteiger partial charge in [0.15, 0.2) is 0 Å². The smallest absolute Gasteiger partial charge is 0.240 e. The summed E-state index contributed by atoms with van der Waals surface area (Å²) in [5.74, 6) is -0.761. The molecule has 1 aromatic carbocycles. The average Bonchev–Trinajstić information content (AvgIpc) is 2.91. The fourth-order valence-electron chi connectivity index (χ4n) is 2.25. The number of likely N-dealkylation sites (tertiary alicyclic amines) is 1. The molecule has 0 aliphatic carbocycles. The maximum absolute atomic E-state index is 12.2. The van der Waals surface area contributed by atoms with Gasteiger partial charge >= 0.3 is 0 Å². The summed E-state index contributed by atoms with van der Waals surface area (Å²) in [6.45, 7) is 1.51. The highest BCUT2D eigenvalue weighted by Crippen LogP contribution is 2.24. The minimum atomic E-state index is -0.670. The predicted molar refractivity (Wildman–Crippen MR) is 75.1 cm³/mol. The van der Waals surface area contributed by atoms with Crippen LogP contribution in [0.2, 0.25) is 10.0 Å². The highest BCUT2D eigenvalue weighted by molar-refractivity contribution is 6.35. The number of rotatable bonds is 3. The third-order valence-electron chi connectivity index (χ3n) is 3.31. The first-order chi connectivity index (χ1) is 9.11. The van der Waals surface area contributed by atoms with Crippen molar-refractivity contribution in [1.82, 2.24) is 4.90 Å². The summed E-state index contributed by atoms with van der Waals surface area (Å²) in [5.41, 5.74) is 0.783. The van der Waals surface area contributed by atoms with E-state index in [1.165, 1.54) is 0 Å². The number of carbonyl (C=O) groups is 1. The van der Waals surface area contributed by atoms with E-state index in [-0.39, 0.29) is 5.91 Å². The molecule has 3 nitrogen and oxygen atoms in total. The number of hydrogen-bond donors (Lipinski definition) is 0. The lowest BCUT2D eigenvalue weighted by Crippen LogP contribution is -2.34. The fourth-order valence-corrected chi connectivity index (χ4v) is 2.74. The van der Waals surface area contributed by atoms with Crippen LogP contribution in [0.1, 0.15) is 18.4 Å². The van der Waals surface area contributed by atoms with Crippen LogP contribution in [-0.4, -0.2) is 23.9 Å². The lowest BCUT2D eigenvalue weighted by molar-refractivity contribution is -0.132. The van der Waals surface area contributed by atoms with E-state index in [0.717, 1.165) is 31.5 Å². The third kappa shape index (κ3) is 3.40. The molecule has 0 N–H and O–H groups in total. The Balaban J connectivity index is 2.10. The molecule has 1 aliphatic rings. The van der Waals surface area contributed by atoms with E-state index in [9.17, 15) is 10.1 Å². The van der Waals surface area contributed by atoms with Crippen molar-refractivity contribution in [3.05, 3.63) is 33.8 Å². The van der Waals surface area contributed by atoms with Crippen molar-refractivity contribution in [3.8, 4) is 6.07 Å². The Morgan fingerprint density at radius 1 is 1.37 bits per heavy atom. The number of nitrogens with zero attached hydrogens (tertiary/aromatic N) is 2. The van der Waals surface area contributed by atoms with Crippen LogP contribution in [0.4, 0.5) is 0 Å². The molecule has 1 heterocycles. The second-order valence-electron chi connectivity index (χ2n) is 4.65. The van der Waals surface area contributed by atoms with Crippen LogP contribution in [0.5, 0.6) is 0 Å². The van der Waals surface area contributed by atoms with Gasteiger partial charge in [0.05, 0.1) is 6.07 Å². The lowest BCUT2D eigenvalue weighted by Gasteiger charge is -2.19. The van der Waals surface area contributed by atoms with Gasteiger partial charge in [-0.15, -0.1) is 0 Å². The van der Waals surface area contributed by atoms with Crippen LogP contribution in [0.25, 0.3) is 0 Å². The Morgan fingerprint density at radius 3 is 2.63 bits per heavy atom. The van der Waals surface area contributed by atoms with E-state index in [4.69, 9.17) is 23.2 Å². The Morgan fingerprint density at radius 2 is 2.05 bits per heavy atom. The van der Waals surface area contributed by atoms with Gasteiger partial charge in [-0.05, 0) is 37.0 Å². The van der Waals surface area contributed by atoms with E-state index in [2.05, 4.69) is 6.07 Å². The van der Waals surface area contributed by atoms with Crippen molar-refractivity contribution in [1.29, 1.82) is 5.26 Å². The number of carbonyl (C=O) groups excluding carboxylic acids is 1. The molecule has 0 bridgehead atoms. The van der Waals surface area contributed by atoms with Gasteiger partial charge in [0, 0.05) is 23.1 Å². The molecule has 1 aliphatic heterocycles. The normalized spacial score (nSPS) is 16.2. The second-order valence-corrected chi connectivity index (χ2v) is 5.50. The van der Waals surface area contributed by atoms with E-state index in [1.807, 2.05) is 0 Å². The summed E-state index contributed by atoms with van der Waals surface area (Å²) in [6, 6.07) is 7.21. The summed E-state index contributed by atoms with van der Waals surface area (Å²) in [4.78, 5) is 14.0. The number of benzene rings is 1. The molecule has 19 heavy (non-hydrogen) atoms. The highest BCUT2D eigenvalue weighted by atomic mass is 35.5. The molecule has 0 saturated carbocycles. The molecule has 0 radical (unpaired) electrons. The van der Waals surface area contributed by atoms with Crippen LogP contribution >= 0.6 is 23.2 Å². The summed E-state index contributed by atoms with van der Waals surface area (Å²) < 4.78 is 0. The fraction of sp³-hybridized carbons (Fsp3) is 0.429. The first-order valence-corrected chi connectivity index (χ1v) is 6.99. The first kappa shape index (κ1) is 14.2. The zero-order chi connectivity index (χ0) is 13.8. The van der Waals surface area contributed by atoms with Crippen molar-refractivity contribution in [2.75, 3.05) is 13.1 Å². The van der Waals surface area contributed by atoms with Crippen LogP contribution in [0.3, 0.4) is 0 Å². The average molecular weight is 297 g/mol. The summed E-state index contributed by atoms with van der Waals surface area (Å²) in [5, 5.41) is 10.2. The SMILES string of the molecule is N#CC(Cc1ccc(Cl)cc1Cl)C(=O)N1CCCC1. The third-order valence-corrected chi connectivity index (χ3v) is 3.90. The van der Waals surface area contributed by atoms with Gasteiger partial charge in [-0.1, -0.05) is 29.3 Å². The zero-order valence-corrected chi connectivity index (χ0v) is 11.9. The topological polar surface area (TPSA) is 44.1 Å². The Hall–Kier alpha value is -1.24. The van der Waals surface area contributed by atoms with Gasteiger partial charge in [-0.25, -0.2) is 0 Å². The second kappa shape index (κ2) is 6.27. The quantitative estimate of drug-likeness (QED) is 0.859. The Kier molecular flexibility index (Phi) is 4.68. The van der Waals surface area contributed by atoms with Crippen molar-refractivity contribution in [3.63, 3.8) is 0 Å².